The second-order valence-corrected chi connectivity index (χ2v) is 14.2. The number of halogens is 6. The van der Waals surface area contributed by atoms with E-state index in [1.54, 1.807) is 16.7 Å². The Morgan fingerprint density at radius 2 is 2.06 bits per heavy atom. The first-order valence-electron chi connectivity index (χ1n) is 16.5. The summed E-state index contributed by atoms with van der Waals surface area (Å²) >= 11 is 0.676. The molecule has 3 aliphatic heterocycles. The maximum atomic E-state index is 17.2. The lowest BCUT2D eigenvalue weighted by atomic mass is 9.92. The van der Waals surface area contributed by atoms with Gasteiger partial charge in [-0.1, -0.05) is 12.6 Å². The third kappa shape index (κ3) is 5.80. The molecule has 5 heterocycles. The molecule has 0 saturated carbocycles. The monoisotopic (exact) mass is 729 g/mol. The number of thiophene rings is 1. The number of rotatable bonds is 8. The number of anilines is 2. The number of ether oxygens (including phenoxy) is 1. The lowest BCUT2D eigenvalue weighted by Crippen LogP contribution is -2.43. The van der Waals surface area contributed by atoms with E-state index in [4.69, 9.17) is 10.5 Å². The average Bonchev–Trinajstić information content (AvgIpc) is 3.87. The van der Waals surface area contributed by atoms with E-state index in [1.807, 2.05) is 11.0 Å². The Kier molecular flexibility index (Phi) is 8.78. The molecule has 268 valence electrons. The first kappa shape index (κ1) is 34.8. The Labute approximate surface area is 292 Å². The van der Waals surface area contributed by atoms with E-state index in [2.05, 4.69) is 16.5 Å². The van der Waals surface area contributed by atoms with E-state index in [0.717, 1.165) is 24.6 Å². The van der Waals surface area contributed by atoms with Gasteiger partial charge in [0.2, 0.25) is 5.91 Å². The van der Waals surface area contributed by atoms with Crippen molar-refractivity contribution in [2.75, 3.05) is 50.0 Å². The Hall–Kier alpha value is -4.62. The minimum Gasteiger partial charge on any atom is -0.461 e. The molecule has 3 unspecified atom stereocenters. The summed E-state index contributed by atoms with van der Waals surface area (Å²) in [5.74, 6) is -2.56. The molecule has 0 aliphatic carbocycles. The van der Waals surface area contributed by atoms with Gasteiger partial charge in [-0.2, -0.15) is 28.4 Å². The smallest absolute Gasteiger partial charge is 0.417 e. The van der Waals surface area contributed by atoms with Crippen LogP contribution in [0.3, 0.4) is 0 Å². The van der Waals surface area contributed by atoms with Crippen molar-refractivity contribution in [1.29, 1.82) is 5.26 Å². The van der Waals surface area contributed by atoms with Crippen LogP contribution in [0.2, 0.25) is 0 Å². The number of hydrogen-bond acceptors (Lipinski definition) is 9. The molecule has 4 aromatic rings. The van der Waals surface area contributed by atoms with Crippen LogP contribution in [0.15, 0.2) is 30.9 Å². The number of likely N-dealkylation sites (N-methyl/N-ethyl adjacent to an activating group) is 1. The van der Waals surface area contributed by atoms with Crippen molar-refractivity contribution in [2.45, 2.75) is 56.5 Å². The highest BCUT2D eigenvalue weighted by Crippen LogP contribution is 2.48. The number of nitriles is 1. The summed E-state index contributed by atoms with van der Waals surface area (Å²) in [6.45, 7) is 7.00. The van der Waals surface area contributed by atoms with Gasteiger partial charge in [0.15, 0.2) is 5.82 Å². The van der Waals surface area contributed by atoms with Gasteiger partial charge < -0.3 is 20.3 Å². The average molecular weight is 730 g/mol. The molecule has 2 aromatic carbocycles. The van der Waals surface area contributed by atoms with Crippen LogP contribution in [0.1, 0.15) is 43.7 Å². The van der Waals surface area contributed by atoms with Crippen molar-refractivity contribution in [2.24, 2.45) is 0 Å². The lowest BCUT2D eigenvalue weighted by Gasteiger charge is -2.32. The van der Waals surface area contributed by atoms with E-state index in [-0.39, 0.29) is 82.0 Å². The van der Waals surface area contributed by atoms with Crippen molar-refractivity contribution in [1.82, 2.24) is 19.8 Å². The predicted molar refractivity (Wildman–Crippen MR) is 181 cm³/mol. The highest BCUT2D eigenvalue weighted by atomic mass is 32.1. The molecule has 7 rings (SSSR count). The van der Waals surface area contributed by atoms with E-state index >= 15 is 17.6 Å². The Balaban J connectivity index is 1.45. The minimum atomic E-state index is -5.13. The highest BCUT2D eigenvalue weighted by Gasteiger charge is 2.49. The fraction of sp³-hybridized carbons (Fsp3) is 0.429. The number of nitrogen functional groups attached to an aromatic ring is 1. The van der Waals surface area contributed by atoms with Gasteiger partial charge in [0, 0.05) is 55.0 Å². The highest BCUT2D eigenvalue weighted by molar-refractivity contribution is 7.23. The number of aromatic nitrogens is 2. The third-order valence-corrected chi connectivity index (χ3v) is 11.4. The van der Waals surface area contributed by atoms with Gasteiger partial charge in [-0.3, -0.25) is 9.69 Å². The summed E-state index contributed by atoms with van der Waals surface area (Å²) in [5, 5.41) is 9.20. The number of likely N-dealkylation sites (tertiary alicyclic amines) is 1. The van der Waals surface area contributed by atoms with Crippen LogP contribution in [0.4, 0.5) is 37.2 Å². The lowest BCUT2D eigenvalue weighted by molar-refractivity contribution is -0.137. The van der Waals surface area contributed by atoms with Crippen molar-refractivity contribution in [3.63, 3.8) is 0 Å². The second-order valence-electron chi connectivity index (χ2n) is 13.2. The van der Waals surface area contributed by atoms with E-state index in [0.29, 0.717) is 37.3 Å². The van der Waals surface area contributed by atoms with Crippen LogP contribution in [-0.4, -0.2) is 82.8 Å². The fourth-order valence-corrected chi connectivity index (χ4v) is 8.97. The summed E-state index contributed by atoms with van der Waals surface area (Å²) in [6, 6.07) is 3.75. The van der Waals surface area contributed by atoms with Gasteiger partial charge in [-0.15, -0.1) is 11.3 Å². The van der Waals surface area contributed by atoms with Crippen LogP contribution in [0, 0.1) is 23.0 Å². The number of benzene rings is 2. The summed E-state index contributed by atoms with van der Waals surface area (Å²) in [4.78, 5) is 26.6. The predicted octanol–water partition coefficient (Wildman–Crippen LogP) is 6.83. The van der Waals surface area contributed by atoms with Crippen molar-refractivity contribution in [3.8, 4) is 23.2 Å². The molecule has 3 saturated heterocycles. The molecule has 1 amide bonds. The molecule has 51 heavy (non-hydrogen) atoms. The van der Waals surface area contributed by atoms with Crippen LogP contribution in [-0.2, 0) is 11.0 Å². The second kappa shape index (κ2) is 12.9. The molecule has 2 N–H and O–H groups in total. The minimum absolute atomic E-state index is 0.0249. The molecule has 3 aliphatic rings. The number of carbonyl (C=O) groups is 1. The zero-order chi connectivity index (χ0) is 36.4. The van der Waals surface area contributed by atoms with E-state index in [1.165, 1.54) is 6.08 Å². The molecule has 3 fully saturated rings. The topological polar surface area (TPSA) is 112 Å². The maximum Gasteiger partial charge on any atom is 0.417 e. The molecule has 3 atom stereocenters. The fourth-order valence-electron chi connectivity index (χ4n) is 8.02. The summed E-state index contributed by atoms with van der Waals surface area (Å²) < 4.78 is 97.7. The molecule has 2 aromatic heterocycles. The molecule has 0 spiro atoms. The summed E-state index contributed by atoms with van der Waals surface area (Å²) in [5.41, 5.74) is 1.85. The Bertz CT molecular complexity index is 2120. The molecule has 0 bridgehead atoms. The first-order valence-corrected chi connectivity index (χ1v) is 17.3. The van der Waals surface area contributed by atoms with Gasteiger partial charge in [0.25, 0.3) is 0 Å². The van der Waals surface area contributed by atoms with Crippen LogP contribution in [0.25, 0.3) is 32.1 Å². The molecular formula is C35H33F6N7O2S. The first-order chi connectivity index (χ1) is 24.3. The zero-order valence-corrected chi connectivity index (χ0v) is 28.3. The normalized spacial score (nSPS) is 22.1. The largest absolute Gasteiger partial charge is 0.461 e. The van der Waals surface area contributed by atoms with Crippen LogP contribution < -0.4 is 15.4 Å². The third-order valence-electron chi connectivity index (χ3n) is 10.3. The van der Waals surface area contributed by atoms with Crippen molar-refractivity contribution in [3.05, 3.63) is 53.6 Å². The molecule has 16 heteroatoms. The van der Waals surface area contributed by atoms with Gasteiger partial charge in [0.1, 0.15) is 41.0 Å². The zero-order valence-electron chi connectivity index (χ0n) is 27.5. The van der Waals surface area contributed by atoms with Crippen LogP contribution >= 0.6 is 11.3 Å². The maximum absolute atomic E-state index is 17.2. The summed E-state index contributed by atoms with van der Waals surface area (Å²) in [6.07, 6.45) is -2.85. The number of alkyl halides is 4. The van der Waals surface area contributed by atoms with Gasteiger partial charge in [0.05, 0.1) is 21.4 Å². The number of nitrogens with zero attached hydrogens (tertiary/aromatic N) is 6. The molecule has 0 radical (unpaired) electrons. The number of amides is 1. The number of hydrogen-bond donors (Lipinski definition) is 1. The van der Waals surface area contributed by atoms with Crippen molar-refractivity contribution >= 4 is 49.1 Å². The van der Waals surface area contributed by atoms with Crippen molar-refractivity contribution < 1.29 is 35.9 Å². The van der Waals surface area contributed by atoms with Gasteiger partial charge in [-0.05, 0) is 56.5 Å². The number of nitrogens with two attached hydrogens (primary N) is 1. The standard InChI is InChI=1S/C35H33F6N7O2S/c1-3-25(49)46-11-8-19(16-46)48(4-2)32-21-12-23(35(39,40)41)27(20-6-7-24(37)30-26(20)22(14-42)31(43)51-30)28(38)29(21)44-33(45-32)50-17-34-9-5-10-47(34)15-18(36)13-34/h3,6-7,12,18-19H,1,4-5,8-11,13,15-17,43H2,2H3. The molecule has 9 nitrogen and oxygen atoms in total. The SMILES string of the molecule is C=CC(=O)N1CCC(N(CC)c2nc(OCC34CCCN3CC(F)C4)nc3c(F)c(-c4ccc(F)c5sc(N)c(C#N)c45)c(C(F)(F)F)cc23)C1. The van der Waals surface area contributed by atoms with Gasteiger partial charge >= 0.3 is 12.2 Å². The molecular weight excluding hydrogens is 696 g/mol. The number of carbonyl (C=O) groups excluding carboxylic acids is 1. The number of fused-ring (bicyclic) bond motifs is 3. The summed E-state index contributed by atoms with van der Waals surface area (Å²) in [7, 11) is 0. The van der Waals surface area contributed by atoms with Gasteiger partial charge in [-0.25, -0.2) is 13.2 Å². The quantitative estimate of drug-likeness (QED) is 0.155. The van der Waals surface area contributed by atoms with E-state index < -0.39 is 52.2 Å². The Morgan fingerprint density at radius 3 is 2.76 bits per heavy atom. The van der Waals surface area contributed by atoms with Crippen LogP contribution in [0.5, 0.6) is 6.01 Å². The Morgan fingerprint density at radius 1 is 1.27 bits per heavy atom. The van der Waals surface area contributed by atoms with E-state index in [9.17, 15) is 18.8 Å².